The van der Waals surface area contributed by atoms with Crippen molar-refractivity contribution in [3.63, 3.8) is 0 Å². The van der Waals surface area contributed by atoms with Gasteiger partial charge in [-0.1, -0.05) is 36.4 Å². The molecular weight excluding hydrogens is 487 g/mol. The Hall–Kier alpha value is -4.01. The first-order chi connectivity index (χ1) is 18.5. The molecule has 1 aliphatic heterocycles. The number of aromatic nitrogens is 2. The summed E-state index contributed by atoms with van der Waals surface area (Å²) >= 11 is 0. The Bertz CT molecular complexity index is 1370. The molecule has 0 radical (unpaired) electrons. The van der Waals surface area contributed by atoms with E-state index < -0.39 is 17.8 Å². The Kier molecular flexibility index (Phi) is 7.81. The quantitative estimate of drug-likeness (QED) is 0.554. The Balaban J connectivity index is 1.24. The van der Waals surface area contributed by atoms with Crippen molar-refractivity contribution in [3.05, 3.63) is 98.2 Å². The zero-order valence-electron chi connectivity index (χ0n) is 21.2. The van der Waals surface area contributed by atoms with Gasteiger partial charge in [0.15, 0.2) is 0 Å². The highest BCUT2D eigenvalue weighted by molar-refractivity contribution is 5.94. The fourth-order valence-electron chi connectivity index (χ4n) is 5.20. The molecule has 1 aromatic heterocycles. The van der Waals surface area contributed by atoms with E-state index in [2.05, 4.69) is 10.2 Å². The van der Waals surface area contributed by atoms with Crippen LogP contribution in [0.25, 0.3) is 0 Å². The van der Waals surface area contributed by atoms with Crippen LogP contribution in [0.2, 0.25) is 0 Å². The maximum absolute atomic E-state index is 14.8. The van der Waals surface area contributed by atoms with E-state index in [1.807, 2.05) is 30.3 Å². The Labute approximate surface area is 220 Å². The molecule has 3 aromatic rings. The van der Waals surface area contributed by atoms with E-state index in [9.17, 15) is 18.8 Å². The zero-order valence-corrected chi connectivity index (χ0v) is 21.2. The normalized spacial score (nSPS) is 15.5. The van der Waals surface area contributed by atoms with Gasteiger partial charge in [0, 0.05) is 38.2 Å². The maximum Gasteiger partial charge on any atom is 0.410 e. The number of ether oxygens (including phenoxy) is 1. The number of amides is 2. The lowest BCUT2D eigenvalue weighted by Crippen LogP contribution is -2.37. The highest BCUT2D eigenvalue weighted by Crippen LogP contribution is 2.23. The number of rotatable bonds is 5. The van der Waals surface area contributed by atoms with Gasteiger partial charge in [-0.25, -0.2) is 14.3 Å². The minimum atomic E-state index is -0.585. The summed E-state index contributed by atoms with van der Waals surface area (Å²) in [4.78, 5) is 41.3. The van der Waals surface area contributed by atoms with Gasteiger partial charge in [0.2, 0.25) is 0 Å². The SMILES string of the molecule is O=C(OCc1ccccc1)N1CCCN(C(=O)c2cc(Cc3n[nH]c(=O)c4c3CCCC4)ccc2F)CC1. The number of halogens is 1. The van der Waals surface area contributed by atoms with E-state index in [1.54, 1.807) is 21.9 Å². The number of benzene rings is 2. The van der Waals surface area contributed by atoms with Crippen molar-refractivity contribution >= 4 is 12.0 Å². The lowest BCUT2D eigenvalue weighted by atomic mass is 9.90. The van der Waals surface area contributed by atoms with Crippen LogP contribution < -0.4 is 5.56 Å². The summed E-state index contributed by atoms with van der Waals surface area (Å²) < 4.78 is 20.3. The summed E-state index contributed by atoms with van der Waals surface area (Å²) in [7, 11) is 0. The second-order valence-electron chi connectivity index (χ2n) is 9.83. The van der Waals surface area contributed by atoms with E-state index in [0.717, 1.165) is 53.6 Å². The van der Waals surface area contributed by atoms with Crippen LogP contribution in [0.1, 0.15) is 57.6 Å². The molecule has 0 unspecified atom stereocenters. The second kappa shape index (κ2) is 11.6. The Morgan fingerprint density at radius 3 is 2.45 bits per heavy atom. The minimum Gasteiger partial charge on any atom is -0.445 e. The van der Waals surface area contributed by atoms with Crippen LogP contribution in [0, 0.1) is 5.82 Å². The van der Waals surface area contributed by atoms with Crippen LogP contribution in [0.4, 0.5) is 9.18 Å². The summed E-state index contributed by atoms with van der Waals surface area (Å²) in [5.41, 5.74) is 4.05. The van der Waals surface area contributed by atoms with Crippen molar-refractivity contribution in [2.75, 3.05) is 26.2 Å². The predicted octanol–water partition coefficient (Wildman–Crippen LogP) is 3.86. The number of carbonyl (C=O) groups excluding carboxylic acids is 2. The van der Waals surface area contributed by atoms with Crippen molar-refractivity contribution in [2.45, 2.75) is 45.1 Å². The Morgan fingerprint density at radius 1 is 0.895 bits per heavy atom. The van der Waals surface area contributed by atoms with Gasteiger partial charge in [-0.2, -0.15) is 5.10 Å². The van der Waals surface area contributed by atoms with Crippen LogP contribution in [-0.2, 0) is 30.6 Å². The molecule has 1 fully saturated rings. The van der Waals surface area contributed by atoms with E-state index >= 15 is 0 Å². The number of hydrogen-bond acceptors (Lipinski definition) is 5. The van der Waals surface area contributed by atoms with Crippen LogP contribution >= 0.6 is 0 Å². The van der Waals surface area contributed by atoms with Crippen LogP contribution in [0.3, 0.4) is 0 Å². The van der Waals surface area contributed by atoms with Crippen molar-refractivity contribution in [2.24, 2.45) is 0 Å². The Morgan fingerprint density at radius 2 is 1.63 bits per heavy atom. The van der Waals surface area contributed by atoms with Gasteiger partial charge >= 0.3 is 6.09 Å². The third-order valence-corrected chi connectivity index (χ3v) is 7.26. The summed E-state index contributed by atoms with van der Waals surface area (Å²) in [6.07, 6.45) is 4.07. The molecular formula is C29H31FN4O4. The summed E-state index contributed by atoms with van der Waals surface area (Å²) in [6, 6.07) is 14.0. The van der Waals surface area contributed by atoms with Crippen LogP contribution in [0.5, 0.6) is 0 Å². The monoisotopic (exact) mass is 518 g/mol. The van der Waals surface area contributed by atoms with Gasteiger partial charge in [0.1, 0.15) is 12.4 Å². The van der Waals surface area contributed by atoms with Gasteiger partial charge in [0.05, 0.1) is 11.3 Å². The van der Waals surface area contributed by atoms with Crippen molar-refractivity contribution in [3.8, 4) is 0 Å². The standard InChI is InChI=1S/C29H31FN4O4/c30-25-12-11-21(18-26-22-9-4-5-10-23(22)27(35)32-31-26)17-24(25)28(36)33-13-6-14-34(16-15-33)29(37)38-19-20-7-2-1-3-8-20/h1-3,7-8,11-12,17H,4-6,9-10,13-16,18-19H2,(H,32,35). The van der Waals surface area contributed by atoms with Crippen molar-refractivity contribution < 1.29 is 18.7 Å². The molecule has 38 heavy (non-hydrogen) atoms. The molecule has 2 heterocycles. The first kappa shape index (κ1) is 25.6. The molecule has 1 N–H and O–H groups in total. The van der Waals surface area contributed by atoms with Gasteiger partial charge in [-0.05, 0) is 60.9 Å². The average Bonchev–Trinajstić information content (AvgIpc) is 3.21. The molecule has 1 saturated heterocycles. The second-order valence-corrected chi connectivity index (χ2v) is 9.83. The summed E-state index contributed by atoms with van der Waals surface area (Å²) in [5, 5.41) is 6.86. The van der Waals surface area contributed by atoms with Crippen molar-refractivity contribution in [1.82, 2.24) is 20.0 Å². The first-order valence-electron chi connectivity index (χ1n) is 13.1. The third kappa shape index (κ3) is 5.77. The van der Waals surface area contributed by atoms with Gasteiger partial charge in [-0.15, -0.1) is 0 Å². The van der Waals surface area contributed by atoms with Crippen molar-refractivity contribution in [1.29, 1.82) is 0 Å². The highest BCUT2D eigenvalue weighted by atomic mass is 19.1. The van der Waals surface area contributed by atoms with Gasteiger partial charge < -0.3 is 14.5 Å². The molecule has 2 amide bonds. The van der Waals surface area contributed by atoms with E-state index in [1.165, 1.54) is 6.07 Å². The van der Waals surface area contributed by atoms with Gasteiger partial charge in [0.25, 0.3) is 11.5 Å². The van der Waals surface area contributed by atoms with E-state index in [-0.39, 0.29) is 24.3 Å². The predicted molar refractivity (Wildman–Crippen MR) is 139 cm³/mol. The molecule has 1 aliphatic carbocycles. The molecule has 0 spiro atoms. The summed E-state index contributed by atoms with van der Waals surface area (Å²) in [5.74, 6) is -0.987. The molecule has 8 nitrogen and oxygen atoms in total. The molecule has 5 rings (SSSR count). The highest BCUT2D eigenvalue weighted by Gasteiger charge is 2.26. The molecule has 198 valence electrons. The molecule has 0 saturated carbocycles. The minimum absolute atomic E-state index is 0.000830. The number of aromatic amines is 1. The number of H-pyrrole nitrogens is 1. The van der Waals surface area contributed by atoms with E-state index in [4.69, 9.17) is 4.74 Å². The zero-order chi connectivity index (χ0) is 26.5. The largest absolute Gasteiger partial charge is 0.445 e. The first-order valence-corrected chi connectivity index (χ1v) is 13.1. The fourth-order valence-corrected chi connectivity index (χ4v) is 5.20. The number of nitrogens with one attached hydrogen (secondary N) is 1. The average molecular weight is 519 g/mol. The fraction of sp³-hybridized carbons (Fsp3) is 0.379. The lowest BCUT2D eigenvalue weighted by molar-refractivity contribution is 0.0744. The van der Waals surface area contributed by atoms with E-state index in [0.29, 0.717) is 32.5 Å². The third-order valence-electron chi connectivity index (χ3n) is 7.26. The molecule has 9 heteroatoms. The molecule has 0 bridgehead atoms. The number of carbonyl (C=O) groups is 2. The molecule has 2 aliphatic rings. The topological polar surface area (TPSA) is 95.6 Å². The summed E-state index contributed by atoms with van der Waals surface area (Å²) in [6.45, 7) is 1.67. The molecule has 0 atom stereocenters. The maximum atomic E-state index is 14.8. The lowest BCUT2D eigenvalue weighted by Gasteiger charge is -2.22. The van der Waals surface area contributed by atoms with Gasteiger partial charge in [-0.3, -0.25) is 9.59 Å². The van der Waals surface area contributed by atoms with Crippen LogP contribution in [0.15, 0.2) is 53.3 Å². The number of nitrogens with zero attached hydrogens (tertiary/aromatic N) is 3. The smallest absolute Gasteiger partial charge is 0.410 e. The van der Waals surface area contributed by atoms with Crippen LogP contribution in [-0.4, -0.2) is 58.2 Å². The molecule has 2 aromatic carbocycles. The number of hydrogen-bond donors (Lipinski definition) is 1. The number of fused-ring (bicyclic) bond motifs is 1.